The molecule has 0 bridgehead atoms. The zero-order valence-corrected chi connectivity index (χ0v) is 10.2. The number of nitrogens with two attached hydrogens (primary N) is 1. The van der Waals surface area contributed by atoms with Gasteiger partial charge in [0.1, 0.15) is 0 Å². The van der Waals surface area contributed by atoms with Gasteiger partial charge in [-0.2, -0.15) is 13.2 Å². The van der Waals surface area contributed by atoms with Gasteiger partial charge in [-0.05, 0) is 30.3 Å². The number of aromatic amines is 1. The molecule has 3 rings (SSSR count). The van der Waals surface area contributed by atoms with E-state index in [1.807, 2.05) is 0 Å². The third-order valence-corrected chi connectivity index (χ3v) is 3.01. The molecule has 1 aromatic carbocycles. The minimum atomic E-state index is -4.35. The Morgan fingerprint density at radius 1 is 1.05 bits per heavy atom. The summed E-state index contributed by atoms with van der Waals surface area (Å²) in [5.74, 6) is 0. The summed E-state index contributed by atoms with van der Waals surface area (Å²) in [5, 5.41) is 0.692. The highest BCUT2D eigenvalue weighted by atomic mass is 19.4. The summed E-state index contributed by atoms with van der Waals surface area (Å²) in [6.07, 6.45) is -2.80. The topological polar surface area (TPSA) is 54.7 Å². The maximum atomic E-state index is 12.7. The molecule has 0 atom stereocenters. The molecule has 0 aliphatic carbocycles. The molecule has 0 aliphatic heterocycles. The molecule has 0 unspecified atom stereocenters. The van der Waals surface area contributed by atoms with Gasteiger partial charge < -0.3 is 10.7 Å². The summed E-state index contributed by atoms with van der Waals surface area (Å²) in [6, 6.07) is 8.64. The predicted octanol–water partition coefficient (Wildman–Crippen LogP) is 3.83. The van der Waals surface area contributed by atoms with Gasteiger partial charge in [0.25, 0.3) is 0 Å². The molecule has 3 N–H and O–H groups in total. The number of benzene rings is 1. The smallest absolute Gasteiger partial charge is 0.399 e. The van der Waals surface area contributed by atoms with Crippen molar-refractivity contribution in [2.75, 3.05) is 5.73 Å². The highest BCUT2D eigenvalue weighted by Gasteiger charge is 2.30. The van der Waals surface area contributed by atoms with E-state index in [9.17, 15) is 13.2 Å². The monoisotopic (exact) mass is 277 g/mol. The Morgan fingerprint density at radius 2 is 1.85 bits per heavy atom. The third-order valence-electron chi connectivity index (χ3n) is 3.01. The number of halogens is 3. The number of nitrogens with zero attached hydrogens (tertiary/aromatic N) is 1. The Bertz CT molecular complexity index is 775. The van der Waals surface area contributed by atoms with E-state index in [1.54, 1.807) is 24.4 Å². The number of nitrogen functional groups attached to an aromatic ring is 1. The van der Waals surface area contributed by atoms with Crippen LogP contribution in [0, 0.1) is 0 Å². The van der Waals surface area contributed by atoms with Gasteiger partial charge in [-0.3, -0.25) is 4.98 Å². The quantitative estimate of drug-likeness (QED) is 0.710. The molecule has 0 aliphatic rings. The zero-order chi connectivity index (χ0) is 14.3. The number of H-pyrrole nitrogens is 1. The van der Waals surface area contributed by atoms with Crippen LogP contribution in [0.25, 0.3) is 22.3 Å². The van der Waals surface area contributed by atoms with Crippen LogP contribution in [-0.2, 0) is 6.18 Å². The van der Waals surface area contributed by atoms with E-state index < -0.39 is 11.7 Å². The summed E-state index contributed by atoms with van der Waals surface area (Å²) in [5.41, 5.74) is 7.17. The molecule has 20 heavy (non-hydrogen) atoms. The first-order valence-electron chi connectivity index (χ1n) is 5.85. The van der Waals surface area contributed by atoms with Gasteiger partial charge in [-0.1, -0.05) is 6.07 Å². The predicted molar refractivity (Wildman–Crippen MR) is 70.9 cm³/mol. The molecular formula is C14H10F3N3. The molecule has 0 spiro atoms. The van der Waals surface area contributed by atoms with Gasteiger partial charge in [0.05, 0.1) is 17.0 Å². The van der Waals surface area contributed by atoms with Crippen LogP contribution in [0.5, 0.6) is 0 Å². The Morgan fingerprint density at radius 3 is 2.55 bits per heavy atom. The van der Waals surface area contributed by atoms with Crippen LogP contribution in [-0.4, -0.2) is 9.97 Å². The minimum Gasteiger partial charge on any atom is -0.399 e. The van der Waals surface area contributed by atoms with Crippen molar-refractivity contribution in [2.24, 2.45) is 0 Å². The third kappa shape index (κ3) is 2.20. The number of alkyl halides is 3. The molecule has 0 fully saturated rings. The van der Waals surface area contributed by atoms with Crippen LogP contribution in [0.1, 0.15) is 5.56 Å². The standard InChI is InChI=1S/C14H10F3N3/c15-14(16,17)9-2-1-8-5-13(20-11(8)6-9)12-7-10(18)3-4-19-12/h1-7,20H,(H2,18,19). The van der Waals surface area contributed by atoms with E-state index in [0.29, 0.717) is 28.0 Å². The van der Waals surface area contributed by atoms with E-state index in [2.05, 4.69) is 9.97 Å². The normalized spacial score (nSPS) is 11.9. The van der Waals surface area contributed by atoms with Crippen LogP contribution in [0.4, 0.5) is 18.9 Å². The van der Waals surface area contributed by atoms with E-state index in [-0.39, 0.29) is 0 Å². The fraction of sp³-hybridized carbons (Fsp3) is 0.0714. The average molecular weight is 277 g/mol. The summed E-state index contributed by atoms with van der Waals surface area (Å²) >= 11 is 0. The van der Waals surface area contributed by atoms with Crippen molar-refractivity contribution in [3.8, 4) is 11.4 Å². The Labute approximate surface area is 112 Å². The Hall–Kier alpha value is -2.50. The zero-order valence-electron chi connectivity index (χ0n) is 10.2. The second kappa shape index (κ2) is 4.26. The summed E-state index contributed by atoms with van der Waals surface area (Å²) in [6.45, 7) is 0. The van der Waals surface area contributed by atoms with Crippen LogP contribution in [0.3, 0.4) is 0 Å². The van der Waals surface area contributed by atoms with Crippen LogP contribution >= 0.6 is 0 Å². The van der Waals surface area contributed by atoms with Crippen molar-refractivity contribution in [3.05, 3.63) is 48.2 Å². The van der Waals surface area contributed by atoms with E-state index >= 15 is 0 Å². The number of hydrogen-bond acceptors (Lipinski definition) is 2. The largest absolute Gasteiger partial charge is 0.416 e. The summed E-state index contributed by atoms with van der Waals surface area (Å²) in [7, 11) is 0. The lowest BCUT2D eigenvalue weighted by molar-refractivity contribution is -0.137. The lowest BCUT2D eigenvalue weighted by atomic mass is 10.1. The number of pyridine rings is 1. The van der Waals surface area contributed by atoms with Gasteiger partial charge in [0.2, 0.25) is 0 Å². The Balaban J connectivity index is 2.11. The molecule has 3 aromatic rings. The average Bonchev–Trinajstić information content (AvgIpc) is 2.80. The van der Waals surface area contributed by atoms with Gasteiger partial charge in [-0.25, -0.2) is 0 Å². The molecular weight excluding hydrogens is 267 g/mol. The second-order valence-electron chi connectivity index (χ2n) is 4.46. The first kappa shape index (κ1) is 12.5. The lowest BCUT2D eigenvalue weighted by Gasteiger charge is -2.05. The molecule has 0 saturated carbocycles. The minimum absolute atomic E-state index is 0.416. The highest BCUT2D eigenvalue weighted by Crippen LogP contribution is 2.32. The molecule has 0 radical (unpaired) electrons. The molecule has 102 valence electrons. The molecule has 0 saturated heterocycles. The molecule has 2 aromatic heterocycles. The number of anilines is 1. The second-order valence-corrected chi connectivity index (χ2v) is 4.46. The number of rotatable bonds is 1. The van der Waals surface area contributed by atoms with Crippen molar-refractivity contribution in [2.45, 2.75) is 6.18 Å². The van der Waals surface area contributed by atoms with Gasteiger partial charge >= 0.3 is 6.18 Å². The van der Waals surface area contributed by atoms with Crippen molar-refractivity contribution in [1.82, 2.24) is 9.97 Å². The van der Waals surface area contributed by atoms with Crippen molar-refractivity contribution in [3.63, 3.8) is 0 Å². The fourth-order valence-electron chi connectivity index (χ4n) is 2.04. The lowest BCUT2D eigenvalue weighted by Crippen LogP contribution is -2.03. The van der Waals surface area contributed by atoms with Crippen LogP contribution in [0.15, 0.2) is 42.6 Å². The van der Waals surface area contributed by atoms with Gasteiger partial charge in [0, 0.05) is 22.8 Å². The van der Waals surface area contributed by atoms with E-state index in [0.717, 1.165) is 12.1 Å². The van der Waals surface area contributed by atoms with Crippen molar-refractivity contribution >= 4 is 16.6 Å². The fourth-order valence-corrected chi connectivity index (χ4v) is 2.04. The van der Waals surface area contributed by atoms with Crippen molar-refractivity contribution in [1.29, 1.82) is 0 Å². The maximum absolute atomic E-state index is 12.7. The first-order chi connectivity index (χ1) is 9.43. The molecule has 0 amide bonds. The number of nitrogens with one attached hydrogen (secondary N) is 1. The van der Waals surface area contributed by atoms with E-state index in [1.165, 1.54) is 6.07 Å². The molecule has 6 heteroatoms. The van der Waals surface area contributed by atoms with Gasteiger partial charge in [0.15, 0.2) is 0 Å². The summed E-state index contributed by atoms with van der Waals surface area (Å²) < 4.78 is 38.0. The highest BCUT2D eigenvalue weighted by molar-refractivity contribution is 5.86. The first-order valence-corrected chi connectivity index (χ1v) is 5.85. The number of fused-ring (bicyclic) bond motifs is 1. The SMILES string of the molecule is Nc1ccnc(-c2cc3ccc(C(F)(F)F)cc3[nH]2)c1. The molecule has 3 nitrogen and oxygen atoms in total. The molecule has 2 heterocycles. The van der Waals surface area contributed by atoms with Crippen LogP contribution < -0.4 is 5.73 Å². The van der Waals surface area contributed by atoms with E-state index in [4.69, 9.17) is 5.73 Å². The van der Waals surface area contributed by atoms with Crippen molar-refractivity contribution < 1.29 is 13.2 Å². The van der Waals surface area contributed by atoms with Gasteiger partial charge in [-0.15, -0.1) is 0 Å². The number of aromatic nitrogens is 2. The maximum Gasteiger partial charge on any atom is 0.416 e. The summed E-state index contributed by atoms with van der Waals surface area (Å²) in [4.78, 5) is 7.08. The van der Waals surface area contributed by atoms with Crippen LogP contribution in [0.2, 0.25) is 0 Å². The Kier molecular flexibility index (Phi) is 2.67. The number of hydrogen-bond donors (Lipinski definition) is 2.